The summed E-state index contributed by atoms with van der Waals surface area (Å²) >= 11 is 0. The van der Waals surface area contributed by atoms with E-state index in [-0.39, 0.29) is 18.3 Å². The fourth-order valence-electron chi connectivity index (χ4n) is 4.02. The molecule has 38 heavy (non-hydrogen) atoms. The van der Waals surface area contributed by atoms with Crippen molar-refractivity contribution >= 4 is 33.6 Å². The van der Waals surface area contributed by atoms with Crippen LogP contribution in [0, 0.1) is 0 Å². The number of unbranched alkanes of at least 4 members (excludes halogenated alkanes) is 6. The van der Waals surface area contributed by atoms with Crippen LogP contribution in [0.2, 0.25) is 0 Å². The van der Waals surface area contributed by atoms with Gasteiger partial charge in [0.15, 0.2) is 9.84 Å². The first kappa shape index (κ1) is 31.6. The second-order valence-electron chi connectivity index (χ2n) is 9.76. The maximum atomic E-state index is 12.5. The highest BCUT2D eigenvalue weighted by molar-refractivity contribution is 7.91. The number of nitrogens with zero attached hydrogens (tertiary/aromatic N) is 1. The molecule has 0 aromatic heterocycles. The van der Waals surface area contributed by atoms with Crippen molar-refractivity contribution in [3.05, 3.63) is 59.7 Å². The van der Waals surface area contributed by atoms with Gasteiger partial charge in [-0.15, -0.1) is 0 Å². The van der Waals surface area contributed by atoms with Crippen LogP contribution in [-0.4, -0.2) is 52.1 Å². The molecule has 0 aliphatic carbocycles. The van der Waals surface area contributed by atoms with Crippen molar-refractivity contribution in [1.29, 1.82) is 0 Å². The van der Waals surface area contributed by atoms with Crippen molar-refractivity contribution < 1.29 is 23.1 Å². The summed E-state index contributed by atoms with van der Waals surface area (Å²) in [5, 5.41) is 8.82. The number of benzene rings is 2. The lowest BCUT2D eigenvalue weighted by Crippen LogP contribution is -2.18. The summed E-state index contributed by atoms with van der Waals surface area (Å²) in [4.78, 5) is 14.2. The van der Waals surface area contributed by atoms with E-state index in [1.807, 2.05) is 24.3 Å². The molecule has 0 spiro atoms. The van der Waals surface area contributed by atoms with Crippen LogP contribution in [0.4, 0.5) is 5.69 Å². The second kappa shape index (κ2) is 17.8. The molecule has 0 aliphatic heterocycles. The normalized spacial score (nSPS) is 11.7. The van der Waals surface area contributed by atoms with Crippen molar-refractivity contribution in [3.8, 4) is 0 Å². The fourth-order valence-corrected chi connectivity index (χ4v) is 5.39. The predicted octanol–water partition coefficient (Wildman–Crippen LogP) is 6.52. The first-order valence-electron chi connectivity index (χ1n) is 13.9. The lowest BCUT2D eigenvalue weighted by Gasteiger charge is -2.19. The van der Waals surface area contributed by atoms with Gasteiger partial charge in [0.2, 0.25) is 0 Å². The van der Waals surface area contributed by atoms with E-state index in [2.05, 4.69) is 43.1 Å². The summed E-state index contributed by atoms with van der Waals surface area (Å²) in [7, 11) is -1.20. The van der Waals surface area contributed by atoms with Crippen molar-refractivity contribution in [1.82, 2.24) is 0 Å². The topological polar surface area (TPSA) is 83.9 Å². The van der Waals surface area contributed by atoms with Crippen LogP contribution in [-0.2, 0) is 19.4 Å². The number of ether oxygens (including phenoxy) is 1. The average molecular weight is 544 g/mol. The Hall–Kier alpha value is -2.64. The zero-order valence-electron chi connectivity index (χ0n) is 23.1. The van der Waals surface area contributed by atoms with Crippen LogP contribution in [0.5, 0.6) is 0 Å². The quantitative estimate of drug-likeness (QED) is 0.123. The van der Waals surface area contributed by atoms with Gasteiger partial charge in [0.05, 0.1) is 17.3 Å². The summed E-state index contributed by atoms with van der Waals surface area (Å²) < 4.78 is 30.2. The Bertz CT molecular complexity index is 1060. The molecule has 2 rings (SSSR count). The number of hydrogen-bond acceptors (Lipinski definition) is 6. The molecule has 0 saturated carbocycles. The molecule has 0 aliphatic rings. The Balaban J connectivity index is 1.75. The number of aliphatic hydroxyl groups is 1. The summed E-state index contributed by atoms with van der Waals surface area (Å²) in [5.41, 5.74) is 3.16. The maximum absolute atomic E-state index is 12.5. The van der Waals surface area contributed by atoms with Gasteiger partial charge in [0.1, 0.15) is 0 Å². The maximum Gasteiger partial charge on any atom is 0.305 e. The molecule has 0 saturated heterocycles. The highest BCUT2D eigenvalue weighted by Gasteiger charge is 2.13. The van der Waals surface area contributed by atoms with E-state index in [0.717, 1.165) is 74.7 Å². The largest absolute Gasteiger partial charge is 0.466 e. The fraction of sp³-hybridized carbons (Fsp3) is 0.516. The molecule has 6 nitrogen and oxygen atoms in total. The van der Waals surface area contributed by atoms with Gasteiger partial charge in [-0.3, -0.25) is 4.79 Å². The number of anilines is 1. The van der Waals surface area contributed by atoms with Crippen molar-refractivity contribution in [2.75, 3.05) is 37.5 Å². The Kier molecular flexibility index (Phi) is 14.8. The number of carbonyl (C=O) groups excluding carboxylic acids is 1. The summed E-state index contributed by atoms with van der Waals surface area (Å²) in [6, 6.07) is 15.4. The molecule has 2 aromatic carbocycles. The molecule has 2 aromatic rings. The zero-order valence-corrected chi connectivity index (χ0v) is 23.9. The SMILES string of the molecule is CCCCOC(=O)CCCCCN(C)c1ccc(/C=C/c2ccc(S(=O)(=O)CCCCCCO)cc2)cc1. The van der Waals surface area contributed by atoms with Gasteiger partial charge in [0.25, 0.3) is 0 Å². The number of sulfone groups is 1. The molecule has 0 unspecified atom stereocenters. The summed E-state index contributed by atoms with van der Waals surface area (Å²) in [6.07, 6.45) is 12.4. The molecule has 0 atom stereocenters. The van der Waals surface area contributed by atoms with E-state index < -0.39 is 9.84 Å². The molecule has 1 N–H and O–H groups in total. The van der Waals surface area contributed by atoms with Crippen molar-refractivity contribution in [3.63, 3.8) is 0 Å². The van der Waals surface area contributed by atoms with E-state index in [9.17, 15) is 13.2 Å². The van der Waals surface area contributed by atoms with E-state index in [1.54, 1.807) is 12.1 Å². The standard InChI is InChI=1S/C31H45NO5S/c1-3-4-25-37-31(34)12-8-7-9-23-32(2)29-19-15-27(16-20-29)13-14-28-17-21-30(22-18-28)38(35,36)26-11-6-5-10-24-33/h13-22,33H,3-12,23-26H2,1-2H3/b14-13+. The molecular weight excluding hydrogens is 498 g/mol. The number of aliphatic hydroxyl groups excluding tert-OH is 1. The van der Waals surface area contributed by atoms with Gasteiger partial charge in [-0.1, -0.05) is 69.0 Å². The van der Waals surface area contributed by atoms with Crippen molar-refractivity contribution in [2.24, 2.45) is 0 Å². The van der Waals surface area contributed by atoms with Crippen LogP contribution >= 0.6 is 0 Å². The molecule has 0 amide bonds. The molecule has 0 heterocycles. The van der Waals surface area contributed by atoms with Gasteiger partial charge in [-0.25, -0.2) is 8.42 Å². The number of esters is 1. The average Bonchev–Trinajstić information content (AvgIpc) is 2.92. The van der Waals surface area contributed by atoms with E-state index >= 15 is 0 Å². The lowest BCUT2D eigenvalue weighted by atomic mass is 10.1. The van der Waals surface area contributed by atoms with Crippen LogP contribution in [0.1, 0.15) is 82.3 Å². The molecular formula is C31H45NO5S. The Labute approximate surface area is 229 Å². The summed E-state index contributed by atoms with van der Waals surface area (Å²) in [5.74, 6) is 0.0556. The van der Waals surface area contributed by atoms with Gasteiger partial charge in [-0.2, -0.15) is 0 Å². The highest BCUT2D eigenvalue weighted by atomic mass is 32.2. The van der Waals surface area contributed by atoms with Crippen LogP contribution in [0.3, 0.4) is 0 Å². The molecule has 0 bridgehead atoms. The van der Waals surface area contributed by atoms with Crippen LogP contribution < -0.4 is 4.90 Å². The first-order chi connectivity index (χ1) is 18.4. The monoisotopic (exact) mass is 543 g/mol. The number of carbonyl (C=O) groups is 1. The molecule has 7 heteroatoms. The molecule has 0 fully saturated rings. The van der Waals surface area contributed by atoms with Gasteiger partial charge < -0.3 is 14.7 Å². The third-order valence-electron chi connectivity index (χ3n) is 6.50. The Morgan fingerprint density at radius 1 is 0.842 bits per heavy atom. The second-order valence-corrected chi connectivity index (χ2v) is 11.9. The minimum Gasteiger partial charge on any atom is -0.466 e. The van der Waals surface area contributed by atoms with Gasteiger partial charge in [-0.05, 0) is 67.5 Å². The van der Waals surface area contributed by atoms with E-state index in [4.69, 9.17) is 9.84 Å². The summed E-state index contributed by atoms with van der Waals surface area (Å²) in [6.45, 7) is 3.70. The third kappa shape index (κ3) is 12.3. The predicted molar refractivity (Wildman–Crippen MR) is 157 cm³/mol. The van der Waals surface area contributed by atoms with Gasteiger partial charge >= 0.3 is 5.97 Å². The number of rotatable bonds is 19. The zero-order chi connectivity index (χ0) is 27.6. The smallest absolute Gasteiger partial charge is 0.305 e. The van der Waals surface area contributed by atoms with E-state index in [1.165, 1.54) is 0 Å². The van der Waals surface area contributed by atoms with E-state index in [0.29, 0.717) is 24.3 Å². The lowest BCUT2D eigenvalue weighted by molar-refractivity contribution is -0.143. The molecule has 0 radical (unpaired) electrons. The third-order valence-corrected chi connectivity index (χ3v) is 8.31. The Morgan fingerprint density at radius 2 is 1.45 bits per heavy atom. The first-order valence-corrected chi connectivity index (χ1v) is 15.6. The molecule has 210 valence electrons. The highest BCUT2D eigenvalue weighted by Crippen LogP contribution is 2.19. The minimum atomic E-state index is -3.27. The minimum absolute atomic E-state index is 0.0855. The van der Waals surface area contributed by atoms with Crippen molar-refractivity contribution in [2.45, 2.75) is 76.0 Å². The Morgan fingerprint density at radius 3 is 2.08 bits per heavy atom. The van der Waals surface area contributed by atoms with Gasteiger partial charge in [0, 0.05) is 32.3 Å². The van der Waals surface area contributed by atoms with Crippen LogP contribution in [0.15, 0.2) is 53.4 Å². The number of hydrogen-bond donors (Lipinski definition) is 1. The van der Waals surface area contributed by atoms with Crippen LogP contribution in [0.25, 0.3) is 12.2 Å².